The molecule has 3 rings (SSSR count). The van der Waals surface area contributed by atoms with Gasteiger partial charge in [0.05, 0.1) is 5.69 Å². The van der Waals surface area contributed by atoms with Crippen molar-refractivity contribution in [3.05, 3.63) is 66.1 Å². The molecule has 0 radical (unpaired) electrons. The van der Waals surface area contributed by atoms with Crippen molar-refractivity contribution in [3.63, 3.8) is 0 Å². The standard InChI is InChI=1S/C19H21N3O2/c1-3-14(2)20-19(23)15-7-9-17(10-8-15)24-13-16-12-22-11-5-4-6-18(22)21-16/h4-12,14H,3,13H2,1-2H3,(H,20,23)/t14-/m1/s1. The van der Waals surface area contributed by atoms with E-state index < -0.39 is 0 Å². The van der Waals surface area contributed by atoms with E-state index in [4.69, 9.17) is 4.74 Å². The first kappa shape index (κ1) is 16.1. The summed E-state index contributed by atoms with van der Waals surface area (Å²) < 4.78 is 7.71. The van der Waals surface area contributed by atoms with Crippen molar-refractivity contribution >= 4 is 11.6 Å². The lowest BCUT2D eigenvalue weighted by atomic mass is 10.2. The molecule has 1 N–H and O–H groups in total. The van der Waals surface area contributed by atoms with Crippen LogP contribution < -0.4 is 10.1 Å². The van der Waals surface area contributed by atoms with Crippen molar-refractivity contribution in [1.82, 2.24) is 14.7 Å². The van der Waals surface area contributed by atoms with Crippen molar-refractivity contribution in [3.8, 4) is 5.75 Å². The van der Waals surface area contributed by atoms with Gasteiger partial charge in [-0.05, 0) is 49.7 Å². The molecule has 0 fully saturated rings. The lowest BCUT2D eigenvalue weighted by Crippen LogP contribution is -2.31. The van der Waals surface area contributed by atoms with Gasteiger partial charge in [0.2, 0.25) is 0 Å². The van der Waals surface area contributed by atoms with Gasteiger partial charge in [-0.15, -0.1) is 0 Å². The van der Waals surface area contributed by atoms with Gasteiger partial charge in [-0.2, -0.15) is 0 Å². The molecule has 0 aliphatic carbocycles. The predicted octanol–water partition coefficient (Wildman–Crippen LogP) is 3.44. The lowest BCUT2D eigenvalue weighted by molar-refractivity contribution is 0.0939. The number of amides is 1. The van der Waals surface area contributed by atoms with E-state index in [1.807, 2.05) is 48.8 Å². The highest BCUT2D eigenvalue weighted by molar-refractivity contribution is 5.94. The molecule has 0 unspecified atom stereocenters. The molecule has 0 spiro atoms. The number of pyridine rings is 1. The average molecular weight is 323 g/mol. The molecule has 5 nitrogen and oxygen atoms in total. The Balaban J connectivity index is 1.60. The van der Waals surface area contributed by atoms with Crippen molar-refractivity contribution in [2.75, 3.05) is 0 Å². The molecule has 2 aromatic heterocycles. The second-order valence-electron chi connectivity index (χ2n) is 5.79. The van der Waals surface area contributed by atoms with E-state index in [9.17, 15) is 4.79 Å². The normalized spacial score (nSPS) is 12.1. The fourth-order valence-corrected chi connectivity index (χ4v) is 2.33. The maximum absolute atomic E-state index is 12.0. The molecule has 0 aliphatic heterocycles. The summed E-state index contributed by atoms with van der Waals surface area (Å²) in [5.41, 5.74) is 2.39. The van der Waals surface area contributed by atoms with Gasteiger partial charge in [-0.25, -0.2) is 4.98 Å². The summed E-state index contributed by atoms with van der Waals surface area (Å²) in [7, 11) is 0. The Morgan fingerprint density at radius 3 is 2.75 bits per heavy atom. The first-order chi connectivity index (χ1) is 11.7. The molecule has 0 aliphatic rings. The van der Waals surface area contributed by atoms with Crippen LogP contribution in [0, 0.1) is 0 Å². The van der Waals surface area contributed by atoms with Crippen LogP contribution in [-0.4, -0.2) is 21.3 Å². The first-order valence-electron chi connectivity index (χ1n) is 8.12. The third kappa shape index (κ3) is 3.74. The molecular weight excluding hydrogens is 302 g/mol. The Labute approximate surface area is 141 Å². The Morgan fingerprint density at radius 2 is 2.04 bits per heavy atom. The highest BCUT2D eigenvalue weighted by Gasteiger charge is 2.08. The monoisotopic (exact) mass is 323 g/mol. The molecule has 0 bridgehead atoms. The zero-order valence-electron chi connectivity index (χ0n) is 13.9. The summed E-state index contributed by atoms with van der Waals surface area (Å²) in [5.74, 6) is 0.656. The first-order valence-corrected chi connectivity index (χ1v) is 8.12. The van der Waals surface area contributed by atoms with Crippen LogP contribution in [0.25, 0.3) is 5.65 Å². The number of nitrogens with zero attached hydrogens (tertiary/aromatic N) is 2. The summed E-state index contributed by atoms with van der Waals surface area (Å²) >= 11 is 0. The molecule has 5 heteroatoms. The fraction of sp³-hybridized carbons (Fsp3) is 0.263. The number of hydrogen-bond donors (Lipinski definition) is 1. The van der Waals surface area contributed by atoms with Crippen LogP contribution in [-0.2, 0) is 6.61 Å². The Kier molecular flexibility index (Phi) is 4.79. The number of benzene rings is 1. The minimum atomic E-state index is -0.0590. The van der Waals surface area contributed by atoms with Crippen molar-refractivity contribution in [2.24, 2.45) is 0 Å². The van der Waals surface area contributed by atoms with Gasteiger partial charge in [0.15, 0.2) is 0 Å². The summed E-state index contributed by atoms with van der Waals surface area (Å²) in [6, 6.07) is 13.2. The lowest BCUT2D eigenvalue weighted by Gasteiger charge is -2.11. The number of ether oxygens (including phenoxy) is 1. The number of carbonyl (C=O) groups excluding carboxylic acids is 1. The Bertz CT molecular complexity index is 791. The van der Waals surface area contributed by atoms with Crippen LogP contribution in [0.2, 0.25) is 0 Å². The quantitative estimate of drug-likeness (QED) is 0.756. The molecule has 124 valence electrons. The molecule has 1 amide bonds. The third-order valence-corrected chi connectivity index (χ3v) is 3.91. The van der Waals surface area contributed by atoms with Gasteiger partial charge in [-0.3, -0.25) is 4.79 Å². The Morgan fingerprint density at radius 1 is 1.25 bits per heavy atom. The van der Waals surface area contributed by atoms with Crippen molar-refractivity contribution in [2.45, 2.75) is 32.9 Å². The van der Waals surface area contributed by atoms with E-state index in [0.717, 1.165) is 17.8 Å². The molecule has 0 saturated heterocycles. The predicted molar refractivity (Wildman–Crippen MR) is 93.2 cm³/mol. The van der Waals surface area contributed by atoms with Crippen molar-refractivity contribution < 1.29 is 9.53 Å². The molecule has 24 heavy (non-hydrogen) atoms. The van der Waals surface area contributed by atoms with E-state index in [0.29, 0.717) is 17.9 Å². The number of imidazole rings is 1. The van der Waals surface area contributed by atoms with Crippen LogP contribution in [0.5, 0.6) is 5.75 Å². The number of aromatic nitrogens is 2. The molecule has 2 heterocycles. The SMILES string of the molecule is CC[C@@H](C)NC(=O)c1ccc(OCc2cn3ccccc3n2)cc1. The van der Waals surface area contributed by atoms with E-state index in [2.05, 4.69) is 10.3 Å². The van der Waals surface area contributed by atoms with Crippen LogP contribution in [0.4, 0.5) is 0 Å². The van der Waals surface area contributed by atoms with E-state index in [-0.39, 0.29) is 11.9 Å². The van der Waals surface area contributed by atoms with Crippen LogP contribution in [0.3, 0.4) is 0 Å². The molecular formula is C19H21N3O2. The number of nitrogens with one attached hydrogen (secondary N) is 1. The highest BCUT2D eigenvalue weighted by Crippen LogP contribution is 2.15. The van der Waals surface area contributed by atoms with Gasteiger partial charge >= 0.3 is 0 Å². The fourth-order valence-electron chi connectivity index (χ4n) is 2.33. The number of hydrogen-bond acceptors (Lipinski definition) is 3. The topological polar surface area (TPSA) is 55.6 Å². The highest BCUT2D eigenvalue weighted by atomic mass is 16.5. The van der Waals surface area contributed by atoms with Gasteiger partial charge in [-0.1, -0.05) is 13.0 Å². The second-order valence-corrected chi connectivity index (χ2v) is 5.79. The number of carbonyl (C=O) groups is 1. The number of fused-ring (bicyclic) bond motifs is 1. The summed E-state index contributed by atoms with van der Waals surface area (Å²) in [4.78, 5) is 16.5. The van der Waals surface area contributed by atoms with Gasteiger partial charge in [0.1, 0.15) is 18.0 Å². The average Bonchev–Trinajstić information content (AvgIpc) is 3.03. The minimum Gasteiger partial charge on any atom is -0.487 e. The molecule has 1 aromatic carbocycles. The number of rotatable bonds is 6. The van der Waals surface area contributed by atoms with E-state index in [1.165, 1.54) is 0 Å². The maximum Gasteiger partial charge on any atom is 0.251 e. The van der Waals surface area contributed by atoms with E-state index >= 15 is 0 Å². The third-order valence-electron chi connectivity index (χ3n) is 3.91. The Hall–Kier alpha value is -2.82. The zero-order valence-corrected chi connectivity index (χ0v) is 13.9. The van der Waals surface area contributed by atoms with Gasteiger partial charge < -0.3 is 14.5 Å². The summed E-state index contributed by atoms with van der Waals surface area (Å²) in [5, 5.41) is 2.95. The van der Waals surface area contributed by atoms with Crippen LogP contribution in [0.1, 0.15) is 36.3 Å². The van der Waals surface area contributed by atoms with Crippen molar-refractivity contribution in [1.29, 1.82) is 0 Å². The zero-order chi connectivity index (χ0) is 16.9. The molecule has 3 aromatic rings. The van der Waals surface area contributed by atoms with Gasteiger partial charge in [0, 0.05) is 24.0 Å². The largest absolute Gasteiger partial charge is 0.487 e. The van der Waals surface area contributed by atoms with E-state index in [1.54, 1.807) is 24.3 Å². The van der Waals surface area contributed by atoms with Crippen LogP contribution >= 0.6 is 0 Å². The van der Waals surface area contributed by atoms with Crippen LogP contribution in [0.15, 0.2) is 54.9 Å². The smallest absolute Gasteiger partial charge is 0.251 e. The molecule has 0 saturated carbocycles. The summed E-state index contributed by atoms with van der Waals surface area (Å²) in [6.45, 7) is 4.42. The summed E-state index contributed by atoms with van der Waals surface area (Å²) in [6.07, 6.45) is 4.81. The second kappa shape index (κ2) is 7.17. The van der Waals surface area contributed by atoms with Gasteiger partial charge in [0.25, 0.3) is 5.91 Å². The maximum atomic E-state index is 12.0. The minimum absolute atomic E-state index is 0.0590. The molecule has 1 atom stereocenters.